The van der Waals surface area contributed by atoms with Gasteiger partial charge in [0.25, 0.3) is 0 Å². The molecule has 0 aromatic heterocycles. The molecule has 14 nitrogen and oxygen atoms in total. The Labute approximate surface area is 549 Å². The third-order valence-electron chi connectivity index (χ3n) is 22.2. The van der Waals surface area contributed by atoms with Gasteiger partial charge in [-0.15, -0.1) is 0 Å². The van der Waals surface area contributed by atoms with E-state index in [2.05, 4.69) is 131 Å². The molecular weight excluding hydrogens is 1140 g/mol. The molecule has 3 aliphatic carbocycles. The van der Waals surface area contributed by atoms with E-state index in [-0.39, 0.29) is 72.5 Å². The van der Waals surface area contributed by atoms with Crippen molar-refractivity contribution in [1.29, 1.82) is 0 Å². The number of likely N-dealkylation sites (tertiary alicyclic amines) is 4. The molecule has 7 aliphatic rings. The van der Waals surface area contributed by atoms with Crippen LogP contribution in [0, 0.1) is 22.1 Å². The van der Waals surface area contributed by atoms with E-state index in [0.29, 0.717) is 34.6 Å². The highest BCUT2D eigenvalue weighted by Gasteiger charge is 2.47. The fraction of sp³-hybridized carbons (Fsp3) is 0.697. The number of carbonyl (C=O) groups excluding carboxylic acids is 5. The number of fused-ring (bicyclic) bond motifs is 6. The maximum atomic E-state index is 14.4. The molecular formula is C76H119FN8O6. The van der Waals surface area contributed by atoms with Crippen LogP contribution in [0.1, 0.15) is 238 Å². The highest BCUT2D eigenvalue weighted by atomic mass is 19.1. The number of halogens is 1. The molecule has 4 atom stereocenters. The molecule has 5 amide bonds. The second-order valence-electron chi connectivity index (χ2n) is 32.3. The number of nitrogens with one attached hydrogen (secondary N) is 1. The second-order valence-corrected chi connectivity index (χ2v) is 32.3. The number of piperidine rings is 3. The van der Waals surface area contributed by atoms with Crippen LogP contribution in [0.5, 0.6) is 0 Å². The monoisotopic (exact) mass is 1260 g/mol. The fourth-order valence-electron chi connectivity index (χ4n) is 16.1. The summed E-state index contributed by atoms with van der Waals surface area (Å²) in [6, 6.07) is 22.2. The second kappa shape index (κ2) is 29.9. The van der Waals surface area contributed by atoms with E-state index in [1.54, 1.807) is 27.7 Å². The Morgan fingerprint density at radius 1 is 0.615 bits per heavy atom. The lowest BCUT2D eigenvalue weighted by atomic mass is 9.63. The molecule has 4 fully saturated rings. The van der Waals surface area contributed by atoms with Gasteiger partial charge in [-0.2, -0.15) is 0 Å². The van der Waals surface area contributed by atoms with Gasteiger partial charge >= 0.3 is 12.0 Å². The maximum absolute atomic E-state index is 14.4. The zero-order chi connectivity index (χ0) is 66.3. The molecule has 10 rings (SSSR count). The Morgan fingerprint density at radius 3 is 1.48 bits per heavy atom. The van der Waals surface area contributed by atoms with E-state index >= 15 is 0 Å². The molecule has 3 aromatic rings. The van der Waals surface area contributed by atoms with Gasteiger partial charge in [-0.05, 0) is 247 Å². The summed E-state index contributed by atoms with van der Waals surface area (Å²) in [6.45, 7) is 35.0. The minimum Gasteiger partial charge on any atom is -0.468 e. The summed E-state index contributed by atoms with van der Waals surface area (Å²) in [4.78, 5) is 76.8. The topological polar surface area (TPSA) is 129 Å². The van der Waals surface area contributed by atoms with Crippen LogP contribution in [-0.4, -0.2) is 170 Å². The quantitative estimate of drug-likeness (QED) is 0.166. The van der Waals surface area contributed by atoms with E-state index in [4.69, 9.17) is 4.74 Å². The van der Waals surface area contributed by atoms with Gasteiger partial charge < -0.3 is 44.4 Å². The van der Waals surface area contributed by atoms with Crippen LogP contribution in [-0.2, 0) is 40.2 Å². The van der Waals surface area contributed by atoms with Crippen molar-refractivity contribution in [3.63, 3.8) is 0 Å². The smallest absolute Gasteiger partial charge is 0.325 e. The first-order valence-corrected chi connectivity index (χ1v) is 34.9. The van der Waals surface area contributed by atoms with Gasteiger partial charge in [0, 0.05) is 42.5 Å². The van der Waals surface area contributed by atoms with Gasteiger partial charge in [-0.1, -0.05) is 117 Å². The van der Waals surface area contributed by atoms with Crippen LogP contribution in [0.25, 0.3) is 0 Å². The maximum Gasteiger partial charge on any atom is 0.325 e. The lowest BCUT2D eigenvalue weighted by Crippen LogP contribution is -2.49. The van der Waals surface area contributed by atoms with E-state index in [1.807, 2.05) is 39.0 Å². The standard InChI is InChI=1S/C27H40FN3O2.C25H38N2O3.C24H39N3O.H2/c1-19(31-14-5-6-24(31)32)25(33)29-23-9-10-27(22-18-20(28)7-8-21(22)23)12-16-30(17-13-27)15-11-26(2,3)4;1-19(28)27(18-23(29)30-5)22-10-11-25(21-9-7-6-8-20(21)22)13-16-26(17-14-25)15-12-24(2,3)4;1-23(2,3)13-16-27-17-14-24(15-18-27)12-11-21(26(6)22(28)25(4)5)19-9-7-8-10-20(19)24;/h7-8,18-19,23H,5-6,9-17H2,1-4H3,(H,29,33);6-9,22H,10-18H2,1-5H3;7-10,21H,11-18H2,1-6H3;1H/t19-,23+;22-;21-;/m100./s1. The Kier molecular flexibility index (Phi) is 23.5. The van der Waals surface area contributed by atoms with Gasteiger partial charge in [0.1, 0.15) is 18.4 Å². The number of urea groups is 1. The summed E-state index contributed by atoms with van der Waals surface area (Å²) in [5.74, 6) is -0.700. The minimum atomic E-state index is -0.467. The molecule has 0 unspecified atom stereocenters. The van der Waals surface area contributed by atoms with Crippen LogP contribution in [0.15, 0.2) is 66.7 Å². The number of nitrogens with zero attached hydrogens (tertiary/aromatic N) is 7. The predicted octanol–water partition coefficient (Wildman–Crippen LogP) is 14.0. The fourth-order valence-corrected chi connectivity index (χ4v) is 16.1. The van der Waals surface area contributed by atoms with Crippen molar-refractivity contribution >= 4 is 29.7 Å². The van der Waals surface area contributed by atoms with Crippen molar-refractivity contribution in [1.82, 2.24) is 39.6 Å². The zero-order valence-corrected chi connectivity index (χ0v) is 58.9. The van der Waals surface area contributed by atoms with Crippen molar-refractivity contribution in [3.05, 3.63) is 106 Å². The summed E-state index contributed by atoms with van der Waals surface area (Å²) < 4.78 is 19.2. The first kappa shape index (κ1) is 71.5. The van der Waals surface area contributed by atoms with Crippen molar-refractivity contribution in [2.45, 2.75) is 226 Å². The molecule has 4 saturated heterocycles. The molecule has 506 valence electrons. The first-order chi connectivity index (χ1) is 42.9. The Bertz CT molecular complexity index is 2960. The lowest BCUT2D eigenvalue weighted by Gasteiger charge is -2.49. The van der Waals surface area contributed by atoms with E-state index in [1.165, 1.54) is 100 Å². The average Bonchev–Trinajstić information content (AvgIpc) is 1.07. The molecule has 0 bridgehead atoms. The number of amides is 5. The van der Waals surface area contributed by atoms with E-state index in [9.17, 15) is 28.4 Å². The largest absolute Gasteiger partial charge is 0.468 e. The van der Waals surface area contributed by atoms with Crippen LogP contribution in [0.3, 0.4) is 0 Å². The number of carbonyl (C=O) groups is 5. The van der Waals surface area contributed by atoms with Crippen molar-refractivity contribution in [2.24, 2.45) is 16.2 Å². The van der Waals surface area contributed by atoms with Crippen LogP contribution >= 0.6 is 0 Å². The molecule has 15 heteroatoms. The van der Waals surface area contributed by atoms with Crippen LogP contribution in [0.2, 0.25) is 0 Å². The first-order valence-electron chi connectivity index (χ1n) is 34.9. The van der Waals surface area contributed by atoms with Gasteiger partial charge in [0.15, 0.2) is 0 Å². The van der Waals surface area contributed by atoms with Crippen molar-refractivity contribution in [3.8, 4) is 0 Å². The molecule has 0 saturated carbocycles. The number of rotatable bonds is 13. The minimum absolute atomic E-state index is 0. The van der Waals surface area contributed by atoms with Crippen molar-refractivity contribution in [2.75, 3.05) is 100 Å². The number of hydrogen-bond acceptors (Lipinski definition) is 9. The van der Waals surface area contributed by atoms with Gasteiger partial charge in [-0.3, -0.25) is 19.2 Å². The molecule has 4 heterocycles. The van der Waals surface area contributed by atoms with E-state index in [0.717, 1.165) is 108 Å². The molecule has 3 aromatic carbocycles. The Morgan fingerprint density at radius 2 is 1.05 bits per heavy atom. The van der Waals surface area contributed by atoms with Crippen LogP contribution < -0.4 is 5.32 Å². The third kappa shape index (κ3) is 17.9. The number of hydrogen-bond donors (Lipinski definition) is 1. The molecule has 91 heavy (non-hydrogen) atoms. The van der Waals surface area contributed by atoms with Gasteiger partial charge in [0.05, 0.1) is 25.2 Å². The summed E-state index contributed by atoms with van der Waals surface area (Å²) in [5.41, 5.74) is 9.20. The average molecular weight is 1260 g/mol. The summed E-state index contributed by atoms with van der Waals surface area (Å²) in [6.07, 6.45) is 17.9. The Balaban J connectivity index is 0.000000195. The number of benzene rings is 3. The normalized spacial score (nSPS) is 22.5. The third-order valence-corrected chi connectivity index (χ3v) is 22.2. The van der Waals surface area contributed by atoms with Crippen molar-refractivity contribution < 1.29 is 34.5 Å². The highest BCUT2D eigenvalue weighted by Crippen LogP contribution is 2.52. The number of methoxy groups -OCH3 is 1. The Hall–Kier alpha value is -5.38. The molecule has 1 N–H and O–H groups in total. The summed E-state index contributed by atoms with van der Waals surface area (Å²) in [7, 11) is 7.00. The van der Waals surface area contributed by atoms with Gasteiger partial charge in [-0.25, -0.2) is 9.18 Å². The molecule has 0 radical (unpaired) electrons. The number of esters is 1. The molecule has 3 spiro atoms. The number of ether oxygens (including phenoxy) is 1. The van der Waals surface area contributed by atoms with E-state index < -0.39 is 6.04 Å². The SMILES string of the molecule is CN(C)C(=O)N(C)[C@H]1CCC2(CCN(CCC(C)(C)C)CC2)c2ccccc21.COC(=O)CN(C(C)=O)[C@H]1CCC2(CCN(CCC(C)(C)C)CC2)c2ccccc21.C[C@H](C(=O)N[C@H]1CCC2(CCN(CCC(C)(C)C)CC2)c2cc(F)ccc21)N1CCCC1=O.[HH]. The summed E-state index contributed by atoms with van der Waals surface area (Å²) in [5, 5.41) is 3.19. The lowest BCUT2D eigenvalue weighted by molar-refractivity contribution is -0.148. The predicted molar refractivity (Wildman–Crippen MR) is 366 cm³/mol. The molecule has 4 aliphatic heterocycles. The highest BCUT2D eigenvalue weighted by molar-refractivity contribution is 5.88. The van der Waals surface area contributed by atoms with Gasteiger partial charge in [0.2, 0.25) is 17.7 Å². The zero-order valence-electron chi connectivity index (χ0n) is 58.9. The van der Waals surface area contributed by atoms with Crippen LogP contribution in [0.4, 0.5) is 9.18 Å². The summed E-state index contributed by atoms with van der Waals surface area (Å²) >= 11 is 0.